The average molecular weight is 342 g/mol. The molecule has 0 fully saturated rings. The van der Waals surface area contributed by atoms with Gasteiger partial charge >= 0.3 is 0 Å². The van der Waals surface area contributed by atoms with Crippen LogP contribution in [0.15, 0.2) is 42.5 Å². The quantitative estimate of drug-likeness (QED) is 0.719. The summed E-state index contributed by atoms with van der Waals surface area (Å²) in [6.45, 7) is 2.42. The van der Waals surface area contributed by atoms with Crippen LogP contribution in [0.2, 0.25) is 0 Å². The molecule has 0 aliphatic rings. The minimum atomic E-state index is -0.508. The van der Waals surface area contributed by atoms with Crippen LogP contribution in [0.1, 0.15) is 24.4 Å². The molecule has 3 rings (SSSR count). The number of methoxy groups -OCH3 is 1. The predicted molar refractivity (Wildman–Crippen MR) is 92.0 cm³/mol. The van der Waals surface area contributed by atoms with Gasteiger partial charge in [0.25, 0.3) is 0 Å². The maximum absolute atomic E-state index is 13.0. The van der Waals surface area contributed by atoms with Gasteiger partial charge in [0.05, 0.1) is 19.8 Å². The fraction of sp³-hybridized carbons (Fsp3) is 0.222. The zero-order chi connectivity index (χ0) is 17.8. The van der Waals surface area contributed by atoms with Crippen LogP contribution in [0, 0.1) is 5.82 Å². The molecule has 0 bridgehead atoms. The molecule has 1 atom stereocenters. The van der Waals surface area contributed by atoms with Crippen molar-refractivity contribution in [2.75, 3.05) is 13.7 Å². The van der Waals surface area contributed by atoms with Crippen LogP contribution in [0.3, 0.4) is 0 Å². The lowest BCUT2D eigenvalue weighted by atomic mass is 10.1. The summed E-state index contributed by atoms with van der Waals surface area (Å²) in [7, 11) is 1.59. The standard InChI is InChI=1S/C18H19FN4O2/c1-3-25-15-10-12(6-9-14(15)24-2)16(20)18-21-17(22-23-18)11-4-7-13(19)8-5-11/h4-10,16H,3,20H2,1-2H3,(H,21,22,23). The Morgan fingerprint density at radius 3 is 2.60 bits per heavy atom. The van der Waals surface area contributed by atoms with Crippen LogP contribution >= 0.6 is 0 Å². The van der Waals surface area contributed by atoms with Gasteiger partial charge < -0.3 is 15.2 Å². The number of hydrogen-bond donors (Lipinski definition) is 2. The van der Waals surface area contributed by atoms with Crippen molar-refractivity contribution in [3.05, 3.63) is 59.7 Å². The van der Waals surface area contributed by atoms with E-state index in [4.69, 9.17) is 15.2 Å². The number of ether oxygens (including phenoxy) is 2. The average Bonchev–Trinajstić information content (AvgIpc) is 3.12. The monoisotopic (exact) mass is 342 g/mol. The molecule has 0 saturated carbocycles. The Morgan fingerprint density at radius 1 is 1.16 bits per heavy atom. The number of nitrogens with zero attached hydrogens (tertiary/aromatic N) is 2. The van der Waals surface area contributed by atoms with E-state index in [0.717, 1.165) is 5.56 Å². The second-order valence-corrected chi connectivity index (χ2v) is 5.37. The van der Waals surface area contributed by atoms with Crippen LogP contribution in [0.5, 0.6) is 11.5 Å². The van der Waals surface area contributed by atoms with Gasteiger partial charge in [-0.15, -0.1) is 0 Å². The summed E-state index contributed by atoms with van der Waals surface area (Å²) in [5, 5.41) is 7.01. The number of nitrogens with one attached hydrogen (secondary N) is 1. The number of benzene rings is 2. The third-order valence-electron chi connectivity index (χ3n) is 3.75. The summed E-state index contributed by atoms with van der Waals surface area (Å²) < 4.78 is 23.9. The molecule has 1 heterocycles. The predicted octanol–water partition coefficient (Wildman–Crippen LogP) is 3.07. The number of H-pyrrole nitrogens is 1. The van der Waals surface area contributed by atoms with Crippen LogP contribution < -0.4 is 15.2 Å². The highest BCUT2D eigenvalue weighted by molar-refractivity contribution is 5.54. The fourth-order valence-corrected chi connectivity index (χ4v) is 2.45. The van der Waals surface area contributed by atoms with Gasteiger partial charge in [-0.2, -0.15) is 5.10 Å². The molecule has 0 aliphatic heterocycles. The van der Waals surface area contributed by atoms with Gasteiger partial charge in [0.2, 0.25) is 0 Å². The summed E-state index contributed by atoms with van der Waals surface area (Å²) in [6.07, 6.45) is 0. The van der Waals surface area contributed by atoms with Gasteiger partial charge in [0.1, 0.15) is 11.6 Å². The molecule has 0 aliphatic carbocycles. The highest BCUT2D eigenvalue weighted by Gasteiger charge is 2.17. The molecule has 6 nitrogen and oxygen atoms in total. The summed E-state index contributed by atoms with van der Waals surface area (Å²) in [5.41, 5.74) is 7.82. The first-order valence-corrected chi connectivity index (χ1v) is 7.87. The highest BCUT2D eigenvalue weighted by atomic mass is 19.1. The summed E-state index contributed by atoms with van der Waals surface area (Å²) in [5.74, 6) is 1.92. The van der Waals surface area contributed by atoms with Crippen molar-refractivity contribution in [2.24, 2.45) is 5.73 Å². The number of rotatable bonds is 6. The van der Waals surface area contributed by atoms with Crippen LogP contribution in [0.25, 0.3) is 11.4 Å². The number of halogens is 1. The van der Waals surface area contributed by atoms with E-state index in [2.05, 4.69) is 15.2 Å². The lowest BCUT2D eigenvalue weighted by molar-refractivity contribution is 0.310. The van der Waals surface area contributed by atoms with Gasteiger partial charge in [0, 0.05) is 5.56 Å². The molecular formula is C18H19FN4O2. The molecule has 1 unspecified atom stereocenters. The second-order valence-electron chi connectivity index (χ2n) is 5.37. The Balaban J connectivity index is 1.87. The SMILES string of the molecule is CCOc1cc(C(N)c2nc(-c3ccc(F)cc3)n[nH]2)ccc1OC. The number of aromatic nitrogens is 3. The van der Waals surface area contributed by atoms with Crippen molar-refractivity contribution in [2.45, 2.75) is 13.0 Å². The third kappa shape index (κ3) is 3.61. The molecule has 0 amide bonds. The van der Waals surface area contributed by atoms with Gasteiger partial charge in [-0.25, -0.2) is 9.37 Å². The molecule has 1 aromatic heterocycles. The molecule has 0 saturated heterocycles. The smallest absolute Gasteiger partial charge is 0.181 e. The minimum Gasteiger partial charge on any atom is -0.493 e. The largest absolute Gasteiger partial charge is 0.493 e. The van der Waals surface area contributed by atoms with E-state index in [1.165, 1.54) is 12.1 Å². The molecule has 0 spiro atoms. The van der Waals surface area contributed by atoms with E-state index in [-0.39, 0.29) is 5.82 Å². The number of aromatic amines is 1. The van der Waals surface area contributed by atoms with E-state index in [9.17, 15) is 4.39 Å². The lowest BCUT2D eigenvalue weighted by Crippen LogP contribution is -2.14. The second kappa shape index (κ2) is 7.31. The van der Waals surface area contributed by atoms with Crippen molar-refractivity contribution >= 4 is 0 Å². The molecule has 25 heavy (non-hydrogen) atoms. The minimum absolute atomic E-state index is 0.308. The molecule has 0 radical (unpaired) electrons. The molecule has 130 valence electrons. The van der Waals surface area contributed by atoms with Crippen LogP contribution in [-0.4, -0.2) is 28.9 Å². The molecule has 3 aromatic rings. The van der Waals surface area contributed by atoms with Gasteiger partial charge in [-0.05, 0) is 48.9 Å². The van der Waals surface area contributed by atoms with Gasteiger partial charge in [0.15, 0.2) is 17.3 Å². The number of nitrogens with two attached hydrogens (primary N) is 1. The first-order valence-electron chi connectivity index (χ1n) is 7.87. The van der Waals surface area contributed by atoms with Crippen molar-refractivity contribution in [3.63, 3.8) is 0 Å². The maximum atomic E-state index is 13.0. The highest BCUT2D eigenvalue weighted by Crippen LogP contribution is 2.31. The van der Waals surface area contributed by atoms with Crippen molar-refractivity contribution in [1.29, 1.82) is 0 Å². The van der Waals surface area contributed by atoms with Crippen LogP contribution in [0.4, 0.5) is 4.39 Å². The van der Waals surface area contributed by atoms with E-state index in [1.807, 2.05) is 19.1 Å². The van der Waals surface area contributed by atoms with Crippen molar-refractivity contribution in [1.82, 2.24) is 15.2 Å². The Bertz CT molecular complexity index is 849. The van der Waals surface area contributed by atoms with E-state index in [1.54, 1.807) is 25.3 Å². The number of hydrogen-bond acceptors (Lipinski definition) is 5. The van der Waals surface area contributed by atoms with Gasteiger partial charge in [-0.1, -0.05) is 6.07 Å². The summed E-state index contributed by atoms with van der Waals surface area (Å²) in [6, 6.07) is 10.9. The van der Waals surface area contributed by atoms with Crippen LogP contribution in [-0.2, 0) is 0 Å². The molecular weight excluding hydrogens is 323 g/mol. The van der Waals surface area contributed by atoms with Crippen molar-refractivity contribution in [3.8, 4) is 22.9 Å². The van der Waals surface area contributed by atoms with Gasteiger partial charge in [-0.3, -0.25) is 5.10 Å². The fourth-order valence-electron chi connectivity index (χ4n) is 2.45. The third-order valence-corrected chi connectivity index (χ3v) is 3.75. The lowest BCUT2D eigenvalue weighted by Gasteiger charge is -2.14. The topological polar surface area (TPSA) is 86.0 Å². The Kier molecular flexibility index (Phi) is 4.95. The Morgan fingerprint density at radius 2 is 1.92 bits per heavy atom. The zero-order valence-electron chi connectivity index (χ0n) is 14.0. The van der Waals surface area contributed by atoms with E-state index < -0.39 is 6.04 Å². The van der Waals surface area contributed by atoms with E-state index >= 15 is 0 Å². The first kappa shape index (κ1) is 16.9. The summed E-state index contributed by atoms with van der Waals surface area (Å²) >= 11 is 0. The maximum Gasteiger partial charge on any atom is 0.181 e. The molecule has 3 N–H and O–H groups in total. The normalized spacial score (nSPS) is 12.0. The Labute approximate surface area is 144 Å². The van der Waals surface area contributed by atoms with E-state index in [0.29, 0.717) is 35.3 Å². The molecule has 2 aromatic carbocycles. The molecule has 7 heteroatoms. The zero-order valence-corrected chi connectivity index (χ0v) is 14.0. The first-order chi connectivity index (χ1) is 12.1. The Hall–Kier alpha value is -2.93. The summed E-state index contributed by atoms with van der Waals surface area (Å²) in [4.78, 5) is 4.42. The van der Waals surface area contributed by atoms with Crippen molar-refractivity contribution < 1.29 is 13.9 Å².